The van der Waals surface area contributed by atoms with Crippen molar-refractivity contribution in [2.24, 2.45) is 0 Å². The van der Waals surface area contributed by atoms with E-state index in [0.717, 1.165) is 38.4 Å². The summed E-state index contributed by atoms with van der Waals surface area (Å²) in [5.74, 6) is 1.04. The molecule has 2 unspecified atom stereocenters. The number of nitrogens with one attached hydrogen (secondary N) is 1. The highest BCUT2D eigenvalue weighted by atomic mass is 16.5. The molecule has 0 bridgehead atoms. The lowest BCUT2D eigenvalue weighted by molar-refractivity contribution is 0.203. The average molecular weight is 293 g/mol. The molecule has 1 aromatic rings. The molecular formula is C17H31N3O. The van der Waals surface area contributed by atoms with Crippen molar-refractivity contribution < 1.29 is 4.74 Å². The summed E-state index contributed by atoms with van der Waals surface area (Å²) in [4.78, 5) is 6.98. The predicted molar refractivity (Wildman–Crippen MR) is 89.9 cm³/mol. The highest BCUT2D eigenvalue weighted by Crippen LogP contribution is 2.19. The molecule has 0 radical (unpaired) electrons. The standard InChI is InChI=1S/C17H31N3O/c1-6-10-18-15(4)16-8-9-17(19-13-16)20(11-12-21-5)14(3)7-2/h8-9,13-15,18H,6-7,10-12H2,1-5H3. The fourth-order valence-electron chi connectivity index (χ4n) is 2.27. The molecule has 1 N–H and O–H groups in total. The zero-order chi connectivity index (χ0) is 15.7. The van der Waals surface area contributed by atoms with E-state index in [1.165, 1.54) is 5.56 Å². The van der Waals surface area contributed by atoms with Crippen LogP contribution in [0.5, 0.6) is 0 Å². The van der Waals surface area contributed by atoms with Crippen LogP contribution in [0, 0.1) is 0 Å². The number of hydrogen-bond donors (Lipinski definition) is 1. The van der Waals surface area contributed by atoms with Crippen LogP contribution in [0.15, 0.2) is 18.3 Å². The molecule has 0 aromatic carbocycles. The van der Waals surface area contributed by atoms with Gasteiger partial charge in [0.25, 0.3) is 0 Å². The fourth-order valence-corrected chi connectivity index (χ4v) is 2.27. The Morgan fingerprint density at radius 1 is 1.29 bits per heavy atom. The van der Waals surface area contributed by atoms with E-state index >= 15 is 0 Å². The SMILES string of the molecule is CCCNC(C)c1ccc(N(CCOC)C(C)CC)nc1. The minimum absolute atomic E-state index is 0.350. The summed E-state index contributed by atoms with van der Waals surface area (Å²) in [6.07, 6.45) is 4.24. The minimum atomic E-state index is 0.350. The highest BCUT2D eigenvalue weighted by molar-refractivity contribution is 5.41. The largest absolute Gasteiger partial charge is 0.383 e. The number of rotatable bonds is 10. The first-order chi connectivity index (χ1) is 10.1. The molecule has 21 heavy (non-hydrogen) atoms. The molecule has 1 rings (SSSR count). The van der Waals surface area contributed by atoms with Crippen LogP contribution < -0.4 is 10.2 Å². The van der Waals surface area contributed by atoms with Crippen molar-refractivity contribution in [1.82, 2.24) is 10.3 Å². The summed E-state index contributed by atoms with van der Waals surface area (Å²) < 4.78 is 5.22. The Balaban J connectivity index is 2.76. The first kappa shape index (κ1) is 17.9. The summed E-state index contributed by atoms with van der Waals surface area (Å²) in [6.45, 7) is 11.4. The van der Waals surface area contributed by atoms with E-state index < -0.39 is 0 Å². The Morgan fingerprint density at radius 2 is 2.05 bits per heavy atom. The van der Waals surface area contributed by atoms with Gasteiger partial charge in [0.05, 0.1) is 6.61 Å². The van der Waals surface area contributed by atoms with E-state index in [1.807, 2.05) is 6.20 Å². The van der Waals surface area contributed by atoms with Crippen LogP contribution in [0.2, 0.25) is 0 Å². The molecule has 0 aliphatic carbocycles. The molecule has 2 atom stereocenters. The van der Waals surface area contributed by atoms with Gasteiger partial charge in [0.1, 0.15) is 5.82 Å². The van der Waals surface area contributed by atoms with E-state index in [4.69, 9.17) is 4.74 Å². The lowest BCUT2D eigenvalue weighted by Gasteiger charge is -2.29. The molecule has 4 nitrogen and oxygen atoms in total. The average Bonchev–Trinajstić information content (AvgIpc) is 2.53. The van der Waals surface area contributed by atoms with E-state index in [0.29, 0.717) is 12.1 Å². The second-order valence-corrected chi connectivity index (χ2v) is 5.57. The Bertz CT molecular complexity index is 380. The normalized spacial score (nSPS) is 14.0. The van der Waals surface area contributed by atoms with Gasteiger partial charge in [-0.25, -0.2) is 4.98 Å². The maximum Gasteiger partial charge on any atom is 0.128 e. The van der Waals surface area contributed by atoms with Crippen LogP contribution in [0.1, 0.15) is 52.1 Å². The van der Waals surface area contributed by atoms with E-state index in [2.05, 4.69) is 55.0 Å². The van der Waals surface area contributed by atoms with E-state index in [9.17, 15) is 0 Å². The quantitative estimate of drug-likeness (QED) is 0.717. The third-order valence-corrected chi connectivity index (χ3v) is 3.92. The van der Waals surface area contributed by atoms with Crippen molar-refractivity contribution in [1.29, 1.82) is 0 Å². The Morgan fingerprint density at radius 3 is 2.57 bits per heavy atom. The summed E-state index contributed by atoms with van der Waals surface area (Å²) in [7, 11) is 1.74. The van der Waals surface area contributed by atoms with Crippen LogP contribution >= 0.6 is 0 Å². The first-order valence-electron chi connectivity index (χ1n) is 8.08. The lowest BCUT2D eigenvalue weighted by atomic mass is 10.1. The molecule has 0 fully saturated rings. The number of ether oxygens (including phenoxy) is 1. The zero-order valence-corrected chi connectivity index (χ0v) is 14.2. The molecule has 120 valence electrons. The number of aromatic nitrogens is 1. The number of nitrogens with zero attached hydrogens (tertiary/aromatic N) is 2. The molecule has 0 amide bonds. The van der Waals surface area contributed by atoms with Gasteiger partial charge >= 0.3 is 0 Å². The van der Waals surface area contributed by atoms with Gasteiger partial charge < -0.3 is 15.0 Å². The second kappa shape index (κ2) is 9.74. The van der Waals surface area contributed by atoms with E-state index in [1.54, 1.807) is 7.11 Å². The number of methoxy groups -OCH3 is 1. The van der Waals surface area contributed by atoms with Crippen molar-refractivity contribution in [2.45, 2.75) is 52.6 Å². The Hall–Kier alpha value is -1.13. The molecule has 0 aliphatic heterocycles. The summed E-state index contributed by atoms with van der Waals surface area (Å²) in [5.41, 5.74) is 1.24. The Kier molecular flexibility index (Phi) is 8.31. The van der Waals surface area contributed by atoms with Crippen LogP contribution in [-0.2, 0) is 4.74 Å². The summed E-state index contributed by atoms with van der Waals surface area (Å²) in [5, 5.41) is 3.49. The predicted octanol–water partition coefficient (Wildman–Crippen LogP) is 3.39. The van der Waals surface area contributed by atoms with E-state index in [-0.39, 0.29) is 0 Å². The van der Waals surface area contributed by atoms with Gasteiger partial charge in [0.15, 0.2) is 0 Å². The maximum atomic E-state index is 5.22. The molecule has 1 aromatic heterocycles. The molecule has 1 heterocycles. The van der Waals surface area contributed by atoms with Gasteiger partial charge in [-0.3, -0.25) is 0 Å². The first-order valence-corrected chi connectivity index (χ1v) is 8.08. The second-order valence-electron chi connectivity index (χ2n) is 5.57. The zero-order valence-electron chi connectivity index (χ0n) is 14.2. The van der Waals surface area contributed by atoms with Crippen LogP contribution in [0.3, 0.4) is 0 Å². The monoisotopic (exact) mass is 293 g/mol. The Labute approximate surface area is 129 Å². The number of hydrogen-bond acceptors (Lipinski definition) is 4. The number of anilines is 1. The summed E-state index contributed by atoms with van der Waals surface area (Å²) >= 11 is 0. The van der Waals surface area contributed by atoms with Gasteiger partial charge in [-0.15, -0.1) is 0 Å². The van der Waals surface area contributed by atoms with Crippen LogP contribution in [-0.4, -0.2) is 37.8 Å². The highest BCUT2D eigenvalue weighted by Gasteiger charge is 2.14. The van der Waals surface area contributed by atoms with Crippen molar-refractivity contribution in [3.05, 3.63) is 23.9 Å². The van der Waals surface area contributed by atoms with Crippen molar-refractivity contribution in [3.63, 3.8) is 0 Å². The van der Waals surface area contributed by atoms with Crippen LogP contribution in [0.4, 0.5) is 5.82 Å². The molecule has 4 heteroatoms. The molecule has 0 saturated heterocycles. The number of pyridine rings is 1. The van der Waals surface area contributed by atoms with Crippen molar-refractivity contribution in [3.8, 4) is 0 Å². The van der Waals surface area contributed by atoms with Crippen molar-refractivity contribution in [2.75, 3.05) is 31.7 Å². The smallest absolute Gasteiger partial charge is 0.128 e. The molecule has 0 saturated carbocycles. The van der Waals surface area contributed by atoms with Gasteiger partial charge in [-0.1, -0.05) is 19.9 Å². The van der Waals surface area contributed by atoms with Gasteiger partial charge in [0, 0.05) is 31.9 Å². The third-order valence-electron chi connectivity index (χ3n) is 3.92. The van der Waals surface area contributed by atoms with Crippen molar-refractivity contribution >= 4 is 5.82 Å². The van der Waals surface area contributed by atoms with Gasteiger partial charge in [-0.2, -0.15) is 0 Å². The van der Waals surface area contributed by atoms with Gasteiger partial charge in [-0.05, 0) is 44.9 Å². The van der Waals surface area contributed by atoms with Crippen LogP contribution in [0.25, 0.3) is 0 Å². The lowest BCUT2D eigenvalue weighted by Crippen LogP contribution is -2.36. The molecule has 0 aliphatic rings. The summed E-state index contributed by atoms with van der Waals surface area (Å²) in [6, 6.07) is 5.12. The fraction of sp³-hybridized carbons (Fsp3) is 0.706. The maximum absolute atomic E-state index is 5.22. The minimum Gasteiger partial charge on any atom is -0.383 e. The third kappa shape index (κ3) is 5.64. The molecule has 0 spiro atoms. The van der Waals surface area contributed by atoms with Gasteiger partial charge in [0.2, 0.25) is 0 Å². The topological polar surface area (TPSA) is 37.4 Å². The molecular weight excluding hydrogens is 262 g/mol.